The molecule has 4 unspecified atom stereocenters. The first-order valence-corrected chi connectivity index (χ1v) is 11.4. The van der Waals surface area contributed by atoms with Crippen molar-refractivity contribution in [3.63, 3.8) is 0 Å². The molecule has 3 heterocycles. The molecule has 29 heavy (non-hydrogen) atoms. The smallest absolute Gasteiger partial charge is 0.459 e. The Balaban J connectivity index is 1.69. The summed E-state index contributed by atoms with van der Waals surface area (Å²) in [5, 5.41) is 0. The highest BCUT2D eigenvalue weighted by molar-refractivity contribution is 6.60. The van der Waals surface area contributed by atoms with Crippen molar-refractivity contribution in [1.82, 2.24) is 4.90 Å². The number of fused-ring (bicyclic) bond motifs is 5. The maximum atomic E-state index is 13.1. The number of likely N-dealkylation sites (tertiary alicyclic amines) is 1. The summed E-state index contributed by atoms with van der Waals surface area (Å²) >= 11 is 0. The van der Waals surface area contributed by atoms with E-state index in [1.54, 1.807) is 19.1 Å². The number of ether oxygens (including phenoxy) is 2. The molecule has 2 fully saturated rings. The Morgan fingerprint density at radius 2 is 1.90 bits per heavy atom. The van der Waals surface area contributed by atoms with Gasteiger partial charge >= 0.3 is 14.8 Å². The van der Waals surface area contributed by atoms with E-state index < -0.39 is 38.3 Å². The molecule has 10 heteroatoms. The first kappa shape index (κ1) is 21.8. The Hall–Kier alpha value is -1.85. The Morgan fingerprint density at radius 1 is 1.24 bits per heavy atom. The van der Waals surface area contributed by atoms with Gasteiger partial charge in [0, 0.05) is 39.5 Å². The fraction of sp³-hybridized carbons (Fsp3) is 0.632. The predicted molar refractivity (Wildman–Crippen MR) is 102 cm³/mol. The quantitative estimate of drug-likeness (QED) is 0.166. The Labute approximate surface area is 170 Å². The summed E-state index contributed by atoms with van der Waals surface area (Å²) in [7, 11) is 1.78. The number of esters is 1. The average molecular weight is 426 g/mol. The average Bonchev–Trinajstić information content (AvgIpc) is 3.35. The van der Waals surface area contributed by atoms with Crippen molar-refractivity contribution in [3.8, 4) is 0 Å². The third kappa shape index (κ3) is 3.59. The van der Waals surface area contributed by atoms with Crippen LogP contribution in [0.1, 0.15) is 13.3 Å². The molecule has 160 valence electrons. The molecule has 2 bridgehead atoms. The number of imide groups is 1. The highest BCUT2D eigenvalue weighted by Gasteiger charge is 2.68. The second-order valence-corrected chi connectivity index (χ2v) is 10.6. The molecule has 0 aromatic heterocycles. The van der Waals surface area contributed by atoms with Crippen LogP contribution in [0.25, 0.3) is 0 Å². The standard InChI is InChI=1S/C19H27NO8Si/c1-12(2)18(23)27-11-19-8-7-13(28-19)14-15(19)17(22)20(16(14)21)9-6-10-29(24-3,25-4)26-5/h7-8,13-15H,1,6,9-11H2,2-5H3. The molecule has 4 atom stereocenters. The molecule has 2 saturated heterocycles. The number of carbonyl (C=O) groups is 3. The Bertz CT molecular complexity index is 740. The van der Waals surface area contributed by atoms with Crippen LogP contribution in [0.5, 0.6) is 0 Å². The van der Waals surface area contributed by atoms with Gasteiger partial charge in [-0.1, -0.05) is 12.7 Å². The maximum Gasteiger partial charge on any atom is 0.500 e. The molecule has 2 amide bonds. The van der Waals surface area contributed by atoms with E-state index in [0.29, 0.717) is 12.5 Å². The molecule has 0 spiro atoms. The number of hydrogen-bond acceptors (Lipinski definition) is 8. The topological polar surface area (TPSA) is 101 Å². The molecule has 0 aromatic rings. The second kappa shape index (κ2) is 8.11. The molecule has 3 rings (SSSR count). The molecule has 0 N–H and O–H groups in total. The van der Waals surface area contributed by atoms with Gasteiger partial charge in [0.1, 0.15) is 12.2 Å². The van der Waals surface area contributed by atoms with E-state index >= 15 is 0 Å². The van der Waals surface area contributed by atoms with Crippen LogP contribution in [0, 0.1) is 11.8 Å². The van der Waals surface area contributed by atoms with E-state index in [-0.39, 0.29) is 30.5 Å². The summed E-state index contributed by atoms with van der Waals surface area (Å²) in [6.45, 7) is 5.20. The van der Waals surface area contributed by atoms with Gasteiger partial charge < -0.3 is 22.8 Å². The molecule has 3 aliphatic heterocycles. The van der Waals surface area contributed by atoms with Gasteiger partial charge in [-0.25, -0.2) is 4.79 Å². The highest BCUT2D eigenvalue weighted by Crippen LogP contribution is 2.52. The second-order valence-electron chi connectivity index (χ2n) is 7.48. The largest absolute Gasteiger partial charge is 0.500 e. The van der Waals surface area contributed by atoms with E-state index in [1.807, 2.05) is 0 Å². The number of rotatable bonds is 10. The van der Waals surface area contributed by atoms with E-state index in [9.17, 15) is 14.4 Å². The lowest BCUT2D eigenvalue weighted by molar-refractivity contribution is -0.153. The maximum absolute atomic E-state index is 13.1. The predicted octanol–water partition coefficient (Wildman–Crippen LogP) is 0.683. The van der Waals surface area contributed by atoms with Crippen molar-refractivity contribution in [3.05, 3.63) is 24.3 Å². The molecule has 3 aliphatic rings. The summed E-state index contributed by atoms with van der Waals surface area (Å²) in [6, 6.07) is 0.475. The van der Waals surface area contributed by atoms with Gasteiger partial charge in [-0.15, -0.1) is 0 Å². The monoisotopic (exact) mass is 425 g/mol. The van der Waals surface area contributed by atoms with Crippen molar-refractivity contribution in [2.75, 3.05) is 34.5 Å². The van der Waals surface area contributed by atoms with E-state index in [0.717, 1.165) is 0 Å². The van der Waals surface area contributed by atoms with Crippen molar-refractivity contribution in [2.45, 2.75) is 31.1 Å². The molecular formula is C19H27NO8Si. The number of hydrogen-bond donors (Lipinski definition) is 0. The zero-order chi connectivity index (χ0) is 21.4. The van der Waals surface area contributed by atoms with Crippen LogP contribution >= 0.6 is 0 Å². The molecular weight excluding hydrogens is 398 g/mol. The van der Waals surface area contributed by atoms with E-state index in [4.69, 9.17) is 22.8 Å². The lowest BCUT2D eigenvalue weighted by Gasteiger charge is -2.28. The van der Waals surface area contributed by atoms with Crippen LogP contribution in [0.3, 0.4) is 0 Å². The first-order valence-electron chi connectivity index (χ1n) is 9.44. The zero-order valence-electron chi connectivity index (χ0n) is 17.1. The summed E-state index contributed by atoms with van der Waals surface area (Å²) in [6.07, 6.45) is 3.51. The summed E-state index contributed by atoms with van der Waals surface area (Å²) in [4.78, 5) is 39.1. The lowest BCUT2D eigenvalue weighted by atomic mass is 9.77. The van der Waals surface area contributed by atoms with Crippen LogP contribution in [0.4, 0.5) is 0 Å². The van der Waals surface area contributed by atoms with Gasteiger partial charge in [0.25, 0.3) is 0 Å². The fourth-order valence-electron chi connectivity index (χ4n) is 4.26. The van der Waals surface area contributed by atoms with Crippen molar-refractivity contribution < 1.29 is 37.1 Å². The normalized spacial score (nSPS) is 30.2. The molecule has 0 aromatic carbocycles. The van der Waals surface area contributed by atoms with E-state index in [2.05, 4.69) is 6.58 Å². The van der Waals surface area contributed by atoms with Gasteiger partial charge in [-0.05, 0) is 19.4 Å². The van der Waals surface area contributed by atoms with Crippen LogP contribution in [0.15, 0.2) is 24.3 Å². The van der Waals surface area contributed by atoms with Crippen LogP contribution in [-0.4, -0.2) is 77.7 Å². The highest BCUT2D eigenvalue weighted by atomic mass is 28.4. The van der Waals surface area contributed by atoms with Gasteiger partial charge in [-0.2, -0.15) is 0 Å². The minimum absolute atomic E-state index is 0.132. The SMILES string of the molecule is C=C(C)C(=O)OCC12C=CC(O1)C1C(=O)N(CCC[Si](OC)(OC)OC)C(=O)C12. The number of nitrogens with zero attached hydrogens (tertiary/aromatic N) is 1. The third-order valence-corrected chi connectivity index (χ3v) is 8.65. The van der Waals surface area contributed by atoms with Gasteiger partial charge in [0.2, 0.25) is 11.8 Å². The van der Waals surface area contributed by atoms with Crippen molar-refractivity contribution in [1.29, 1.82) is 0 Å². The van der Waals surface area contributed by atoms with Gasteiger partial charge in [0.05, 0.1) is 17.9 Å². The van der Waals surface area contributed by atoms with Crippen molar-refractivity contribution >= 4 is 26.6 Å². The first-order chi connectivity index (χ1) is 13.7. The molecule has 0 aliphatic carbocycles. The number of amides is 2. The Kier molecular flexibility index (Phi) is 6.11. The molecule has 9 nitrogen and oxygen atoms in total. The Morgan fingerprint density at radius 3 is 2.48 bits per heavy atom. The fourth-order valence-corrected chi connectivity index (χ4v) is 5.96. The summed E-state index contributed by atoms with van der Waals surface area (Å²) in [5.74, 6) is -2.42. The lowest BCUT2D eigenvalue weighted by Crippen LogP contribution is -2.45. The zero-order valence-corrected chi connectivity index (χ0v) is 18.1. The number of carbonyl (C=O) groups excluding carboxylic acids is 3. The van der Waals surface area contributed by atoms with Gasteiger partial charge in [-0.3, -0.25) is 14.5 Å². The van der Waals surface area contributed by atoms with Crippen LogP contribution < -0.4 is 0 Å². The minimum atomic E-state index is -2.78. The molecule has 0 saturated carbocycles. The van der Waals surface area contributed by atoms with Crippen LogP contribution in [-0.2, 0) is 37.1 Å². The van der Waals surface area contributed by atoms with Gasteiger partial charge in [0.15, 0.2) is 0 Å². The summed E-state index contributed by atoms with van der Waals surface area (Å²) in [5.41, 5.74) is -0.849. The van der Waals surface area contributed by atoms with E-state index in [1.165, 1.54) is 26.2 Å². The van der Waals surface area contributed by atoms with Crippen LogP contribution in [0.2, 0.25) is 6.04 Å². The third-order valence-electron chi connectivity index (χ3n) is 5.82. The molecule has 0 radical (unpaired) electrons. The van der Waals surface area contributed by atoms with Crippen molar-refractivity contribution in [2.24, 2.45) is 11.8 Å². The minimum Gasteiger partial charge on any atom is -0.459 e. The summed E-state index contributed by atoms with van der Waals surface area (Å²) < 4.78 is 27.3.